The topological polar surface area (TPSA) is 55.1 Å². The van der Waals surface area contributed by atoms with Gasteiger partial charge in [0.05, 0.1) is 29.8 Å². The van der Waals surface area contributed by atoms with Crippen LogP contribution in [0.25, 0.3) is 10.6 Å². The maximum Gasteiger partial charge on any atom is 0.227 e. The van der Waals surface area contributed by atoms with E-state index in [0.29, 0.717) is 6.54 Å². The van der Waals surface area contributed by atoms with Crippen molar-refractivity contribution in [1.29, 1.82) is 0 Å². The lowest BCUT2D eigenvalue weighted by molar-refractivity contribution is -0.120. The molecule has 3 heterocycles. The highest BCUT2D eigenvalue weighted by molar-refractivity contribution is 9.10. The largest absolute Gasteiger partial charge is 0.467 e. The number of nitrogens with one attached hydrogen (secondary N) is 1. The average Bonchev–Trinajstić information content (AvgIpc) is 3.17. The van der Waals surface area contributed by atoms with Crippen LogP contribution in [-0.2, 0) is 17.8 Å². The number of hydrogen-bond donors (Lipinski definition) is 1. The molecule has 3 rings (SSSR count). The van der Waals surface area contributed by atoms with Gasteiger partial charge in [0, 0.05) is 9.85 Å². The number of carbonyl (C=O) groups excluding carboxylic acids is 1. The van der Waals surface area contributed by atoms with Crippen LogP contribution < -0.4 is 5.32 Å². The highest BCUT2D eigenvalue weighted by Gasteiger charge is 2.12. The van der Waals surface area contributed by atoms with Crippen molar-refractivity contribution in [2.75, 3.05) is 0 Å². The fourth-order valence-electron chi connectivity index (χ4n) is 1.77. The minimum atomic E-state index is -0.0578. The normalized spacial score (nSPS) is 10.7. The standard InChI is InChI=1S/C14H11BrN2O2S2/c15-10-3-5-20-14(10)11-8-21-13(17-11)6-12(18)16-7-9-2-1-4-19-9/h1-5,8H,6-7H2,(H,16,18). The molecule has 0 unspecified atom stereocenters. The Morgan fingerprint density at radius 2 is 2.29 bits per heavy atom. The van der Waals surface area contributed by atoms with E-state index in [2.05, 4.69) is 26.2 Å². The van der Waals surface area contributed by atoms with E-state index >= 15 is 0 Å². The van der Waals surface area contributed by atoms with Crippen LogP contribution in [0, 0.1) is 0 Å². The Morgan fingerprint density at radius 3 is 3.00 bits per heavy atom. The van der Waals surface area contributed by atoms with E-state index in [0.717, 1.165) is 25.8 Å². The van der Waals surface area contributed by atoms with Crippen LogP contribution in [-0.4, -0.2) is 10.9 Å². The number of furan rings is 1. The molecular weight excluding hydrogens is 372 g/mol. The minimum absolute atomic E-state index is 0.0578. The van der Waals surface area contributed by atoms with E-state index < -0.39 is 0 Å². The Balaban J connectivity index is 1.59. The van der Waals surface area contributed by atoms with Gasteiger partial charge in [-0.15, -0.1) is 22.7 Å². The molecule has 0 atom stereocenters. The number of nitrogens with zero attached hydrogens (tertiary/aromatic N) is 1. The van der Waals surface area contributed by atoms with Gasteiger partial charge in [-0.25, -0.2) is 4.98 Å². The van der Waals surface area contributed by atoms with E-state index in [1.165, 1.54) is 11.3 Å². The molecule has 0 saturated heterocycles. The van der Waals surface area contributed by atoms with Crippen LogP contribution in [0.15, 0.2) is 44.1 Å². The zero-order valence-electron chi connectivity index (χ0n) is 10.8. The third-order valence-corrected chi connectivity index (χ3v) is 5.46. The van der Waals surface area contributed by atoms with Gasteiger partial charge in [-0.1, -0.05) is 0 Å². The van der Waals surface area contributed by atoms with Gasteiger partial charge in [0.15, 0.2) is 0 Å². The summed E-state index contributed by atoms with van der Waals surface area (Å²) in [5.41, 5.74) is 0.913. The van der Waals surface area contributed by atoms with Gasteiger partial charge in [0.1, 0.15) is 10.8 Å². The highest BCUT2D eigenvalue weighted by Crippen LogP contribution is 2.33. The highest BCUT2D eigenvalue weighted by atomic mass is 79.9. The SMILES string of the molecule is O=C(Cc1nc(-c2sccc2Br)cs1)NCc1ccco1. The number of hydrogen-bond acceptors (Lipinski definition) is 5. The van der Waals surface area contributed by atoms with Crippen molar-refractivity contribution in [2.45, 2.75) is 13.0 Å². The van der Waals surface area contributed by atoms with E-state index in [4.69, 9.17) is 4.42 Å². The van der Waals surface area contributed by atoms with Crippen LogP contribution in [0.3, 0.4) is 0 Å². The molecule has 0 aliphatic carbocycles. The van der Waals surface area contributed by atoms with Crippen molar-refractivity contribution in [1.82, 2.24) is 10.3 Å². The molecule has 3 aromatic heterocycles. The molecule has 0 aliphatic heterocycles. The molecule has 0 radical (unpaired) electrons. The van der Waals surface area contributed by atoms with Gasteiger partial charge in [0.2, 0.25) is 5.91 Å². The molecule has 7 heteroatoms. The van der Waals surface area contributed by atoms with Crippen LogP contribution in [0.2, 0.25) is 0 Å². The first-order valence-corrected chi connectivity index (χ1v) is 8.74. The second kappa shape index (κ2) is 6.55. The first kappa shape index (κ1) is 14.5. The lowest BCUT2D eigenvalue weighted by Crippen LogP contribution is -2.24. The second-order valence-corrected chi connectivity index (χ2v) is 6.97. The van der Waals surface area contributed by atoms with Gasteiger partial charge in [0.25, 0.3) is 0 Å². The summed E-state index contributed by atoms with van der Waals surface area (Å²) in [5, 5.41) is 7.61. The van der Waals surface area contributed by atoms with Crippen molar-refractivity contribution in [3.05, 3.63) is 50.5 Å². The predicted molar refractivity (Wildman–Crippen MR) is 87.4 cm³/mol. The number of halogens is 1. The summed E-state index contributed by atoms with van der Waals surface area (Å²) in [6, 6.07) is 5.62. The Hall–Kier alpha value is -1.44. The Bertz CT molecular complexity index is 734. The zero-order valence-corrected chi connectivity index (χ0v) is 14.1. The van der Waals surface area contributed by atoms with E-state index in [9.17, 15) is 4.79 Å². The number of carbonyl (C=O) groups is 1. The molecule has 21 heavy (non-hydrogen) atoms. The lowest BCUT2D eigenvalue weighted by Gasteiger charge is -2.00. The first-order chi connectivity index (χ1) is 10.2. The molecule has 0 aliphatic rings. The summed E-state index contributed by atoms with van der Waals surface area (Å²) in [6.07, 6.45) is 1.88. The van der Waals surface area contributed by atoms with Crippen molar-refractivity contribution in [3.8, 4) is 10.6 Å². The molecule has 0 spiro atoms. The van der Waals surface area contributed by atoms with Crippen molar-refractivity contribution in [2.24, 2.45) is 0 Å². The smallest absolute Gasteiger partial charge is 0.227 e. The predicted octanol–water partition coefficient (Wildman–Crippen LogP) is 4.09. The van der Waals surface area contributed by atoms with Crippen LogP contribution >= 0.6 is 38.6 Å². The van der Waals surface area contributed by atoms with Gasteiger partial charge in [-0.2, -0.15) is 0 Å². The van der Waals surface area contributed by atoms with E-state index in [1.54, 1.807) is 23.7 Å². The molecule has 1 N–H and O–H groups in total. The summed E-state index contributed by atoms with van der Waals surface area (Å²) in [6.45, 7) is 0.403. The van der Waals surface area contributed by atoms with Crippen LogP contribution in [0.4, 0.5) is 0 Å². The number of thiophene rings is 1. The second-order valence-electron chi connectivity index (χ2n) is 4.26. The molecule has 3 aromatic rings. The number of thiazole rings is 1. The molecule has 0 bridgehead atoms. The summed E-state index contributed by atoms with van der Waals surface area (Å²) < 4.78 is 6.20. The quantitative estimate of drug-likeness (QED) is 0.722. The number of aromatic nitrogens is 1. The Kier molecular flexibility index (Phi) is 4.52. The van der Waals surface area contributed by atoms with Gasteiger partial charge in [-0.3, -0.25) is 4.79 Å². The van der Waals surface area contributed by atoms with Crippen LogP contribution in [0.5, 0.6) is 0 Å². The van der Waals surface area contributed by atoms with E-state index in [1.807, 2.05) is 22.9 Å². The van der Waals surface area contributed by atoms with Gasteiger partial charge < -0.3 is 9.73 Å². The monoisotopic (exact) mass is 382 g/mol. The summed E-state index contributed by atoms with van der Waals surface area (Å²) >= 11 is 6.62. The summed E-state index contributed by atoms with van der Waals surface area (Å²) in [7, 11) is 0. The molecule has 0 fully saturated rings. The molecular formula is C14H11BrN2O2S2. The fourth-order valence-corrected chi connectivity index (χ4v) is 4.17. The lowest BCUT2D eigenvalue weighted by atomic mass is 10.3. The third-order valence-electron chi connectivity index (χ3n) is 2.75. The zero-order chi connectivity index (χ0) is 14.7. The van der Waals surface area contributed by atoms with Crippen LogP contribution in [0.1, 0.15) is 10.8 Å². The molecule has 0 saturated carbocycles. The Morgan fingerprint density at radius 1 is 1.38 bits per heavy atom. The minimum Gasteiger partial charge on any atom is -0.467 e. The average molecular weight is 383 g/mol. The molecule has 1 amide bonds. The molecule has 4 nitrogen and oxygen atoms in total. The number of rotatable bonds is 5. The van der Waals surface area contributed by atoms with Gasteiger partial charge in [-0.05, 0) is 39.5 Å². The van der Waals surface area contributed by atoms with E-state index in [-0.39, 0.29) is 12.3 Å². The summed E-state index contributed by atoms with van der Waals surface area (Å²) in [4.78, 5) is 17.5. The Labute approximate surface area is 138 Å². The summed E-state index contributed by atoms with van der Waals surface area (Å²) in [5.74, 6) is 0.684. The van der Waals surface area contributed by atoms with Crippen molar-refractivity contribution >= 4 is 44.5 Å². The third kappa shape index (κ3) is 3.61. The van der Waals surface area contributed by atoms with Crippen molar-refractivity contribution < 1.29 is 9.21 Å². The number of amides is 1. The maximum atomic E-state index is 11.9. The first-order valence-electron chi connectivity index (χ1n) is 6.19. The maximum absolute atomic E-state index is 11.9. The van der Waals surface area contributed by atoms with Gasteiger partial charge >= 0.3 is 0 Å². The fraction of sp³-hybridized carbons (Fsp3) is 0.143. The molecule has 108 valence electrons. The van der Waals surface area contributed by atoms with Crippen molar-refractivity contribution in [3.63, 3.8) is 0 Å². The molecule has 0 aromatic carbocycles.